The van der Waals surface area contributed by atoms with Gasteiger partial charge in [0, 0.05) is 12.6 Å². The molecule has 110 valence electrons. The first-order chi connectivity index (χ1) is 9.61. The molecule has 0 bridgehead atoms. The normalized spacial score (nSPS) is 15.9. The number of nitro benzene ring substituents is 1. The SMILES string of the molecule is COc1cc(NCC2CCNCC2)c([N+](=O)[O-])cc1F. The minimum atomic E-state index is -0.730. The lowest BCUT2D eigenvalue weighted by Crippen LogP contribution is -2.31. The zero-order valence-corrected chi connectivity index (χ0v) is 11.3. The van der Waals surface area contributed by atoms with Crippen LogP contribution in [0.4, 0.5) is 15.8 Å². The first-order valence-electron chi connectivity index (χ1n) is 6.58. The third-order valence-corrected chi connectivity index (χ3v) is 3.51. The molecular weight excluding hydrogens is 265 g/mol. The molecule has 0 atom stereocenters. The van der Waals surface area contributed by atoms with Crippen molar-refractivity contribution in [2.45, 2.75) is 12.8 Å². The van der Waals surface area contributed by atoms with Crippen LogP contribution in [0.15, 0.2) is 12.1 Å². The number of hydrogen-bond acceptors (Lipinski definition) is 5. The van der Waals surface area contributed by atoms with Gasteiger partial charge in [-0.05, 0) is 31.8 Å². The fraction of sp³-hybridized carbons (Fsp3) is 0.538. The van der Waals surface area contributed by atoms with E-state index < -0.39 is 10.7 Å². The summed E-state index contributed by atoms with van der Waals surface area (Å²) in [6, 6.07) is 2.23. The molecular formula is C13H18FN3O3. The number of benzene rings is 1. The summed E-state index contributed by atoms with van der Waals surface area (Å²) in [6.45, 7) is 2.56. The molecule has 1 aliphatic rings. The highest BCUT2D eigenvalue weighted by atomic mass is 19.1. The predicted octanol–water partition coefficient (Wildman–Crippen LogP) is 2.15. The van der Waals surface area contributed by atoms with Crippen LogP contribution in [0.3, 0.4) is 0 Å². The highest BCUT2D eigenvalue weighted by molar-refractivity contribution is 5.64. The van der Waals surface area contributed by atoms with Crippen LogP contribution in [0.5, 0.6) is 5.75 Å². The van der Waals surface area contributed by atoms with Gasteiger partial charge < -0.3 is 15.4 Å². The maximum absolute atomic E-state index is 13.5. The van der Waals surface area contributed by atoms with E-state index in [1.165, 1.54) is 13.2 Å². The van der Waals surface area contributed by atoms with Crippen LogP contribution in [-0.2, 0) is 0 Å². The van der Waals surface area contributed by atoms with Gasteiger partial charge in [-0.15, -0.1) is 0 Å². The number of methoxy groups -OCH3 is 1. The molecule has 1 aromatic carbocycles. The smallest absolute Gasteiger partial charge is 0.295 e. The highest BCUT2D eigenvalue weighted by Crippen LogP contribution is 2.32. The first kappa shape index (κ1) is 14.5. The Morgan fingerprint density at radius 2 is 2.20 bits per heavy atom. The maximum atomic E-state index is 13.5. The Bertz CT molecular complexity index is 490. The summed E-state index contributed by atoms with van der Waals surface area (Å²) in [7, 11) is 1.33. The second kappa shape index (κ2) is 6.51. The van der Waals surface area contributed by atoms with Crippen molar-refractivity contribution in [3.8, 4) is 5.75 Å². The zero-order valence-electron chi connectivity index (χ0n) is 11.3. The van der Waals surface area contributed by atoms with Gasteiger partial charge in [0.1, 0.15) is 5.69 Å². The van der Waals surface area contributed by atoms with E-state index in [4.69, 9.17) is 4.74 Å². The van der Waals surface area contributed by atoms with Gasteiger partial charge in [0.15, 0.2) is 11.6 Å². The second-order valence-corrected chi connectivity index (χ2v) is 4.84. The molecule has 0 aromatic heterocycles. The van der Waals surface area contributed by atoms with E-state index in [0.29, 0.717) is 18.2 Å². The average Bonchev–Trinajstić information content (AvgIpc) is 2.46. The van der Waals surface area contributed by atoms with Crippen LogP contribution in [0.1, 0.15) is 12.8 Å². The fourth-order valence-electron chi connectivity index (χ4n) is 2.33. The Morgan fingerprint density at radius 3 is 2.80 bits per heavy atom. The Balaban J connectivity index is 2.13. The molecule has 0 amide bonds. The van der Waals surface area contributed by atoms with Gasteiger partial charge in [0.05, 0.1) is 18.1 Å². The summed E-state index contributed by atoms with van der Waals surface area (Å²) in [4.78, 5) is 10.4. The van der Waals surface area contributed by atoms with Crippen LogP contribution < -0.4 is 15.4 Å². The Morgan fingerprint density at radius 1 is 1.50 bits per heavy atom. The number of rotatable bonds is 5. The summed E-state index contributed by atoms with van der Waals surface area (Å²) in [5.74, 6) is -0.262. The molecule has 1 saturated heterocycles. The molecule has 0 saturated carbocycles. The summed E-state index contributed by atoms with van der Waals surface area (Å²) >= 11 is 0. The summed E-state index contributed by atoms with van der Waals surface area (Å²) in [5.41, 5.74) is 0.0315. The van der Waals surface area contributed by atoms with E-state index in [-0.39, 0.29) is 11.4 Å². The molecule has 0 radical (unpaired) electrons. The maximum Gasteiger partial charge on any atom is 0.295 e. The summed E-state index contributed by atoms with van der Waals surface area (Å²) < 4.78 is 18.4. The minimum Gasteiger partial charge on any atom is -0.494 e. The average molecular weight is 283 g/mol. The van der Waals surface area contributed by atoms with E-state index in [1.807, 2.05) is 0 Å². The van der Waals surface area contributed by atoms with Gasteiger partial charge in [-0.1, -0.05) is 0 Å². The van der Waals surface area contributed by atoms with E-state index in [0.717, 1.165) is 32.0 Å². The number of nitrogens with one attached hydrogen (secondary N) is 2. The lowest BCUT2D eigenvalue weighted by Gasteiger charge is -2.23. The van der Waals surface area contributed by atoms with Crippen LogP contribution in [-0.4, -0.2) is 31.7 Å². The van der Waals surface area contributed by atoms with Crippen LogP contribution >= 0.6 is 0 Å². The van der Waals surface area contributed by atoms with E-state index >= 15 is 0 Å². The molecule has 0 unspecified atom stereocenters. The van der Waals surface area contributed by atoms with Gasteiger partial charge in [0.2, 0.25) is 0 Å². The largest absolute Gasteiger partial charge is 0.494 e. The molecule has 0 spiro atoms. The topological polar surface area (TPSA) is 76.4 Å². The quantitative estimate of drug-likeness (QED) is 0.639. The van der Waals surface area contributed by atoms with Gasteiger partial charge in [-0.2, -0.15) is 0 Å². The fourth-order valence-corrected chi connectivity index (χ4v) is 2.33. The van der Waals surface area contributed by atoms with Gasteiger partial charge in [0.25, 0.3) is 5.69 Å². The second-order valence-electron chi connectivity index (χ2n) is 4.84. The molecule has 1 aromatic rings. The number of nitrogens with zero attached hydrogens (tertiary/aromatic N) is 1. The van der Waals surface area contributed by atoms with Crippen molar-refractivity contribution in [3.05, 3.63) is 28.1 Å². The molecule has 1 aliphatic heterocycles. The van der Waals surface area contributed by atoms with Gasteiger partial charge >= 0.3 is 0 Å². The van der Waals surface area contributed by atoms with E-state index in [2.05, 4.69) is 10.6 Å². The molecule has 2 rings (SSSR count). The van der Waals surface area contributed by atoms with Crippen LogP contribution in [0.25, 0.3) is 0 Å². The molecule has 2 N–H and O–H groups in total. The molecule has 20 heavy (non-hydrogen) atoms. The van der Waals surface area contributed by atoms with Crippen molar-refractivity contribution in [2.24, 2.45) is 5.92 Å². The number of anilines is 1. The number of nitro groups is 1. The van der Waals surface area contributed by atoms with Crippen molar-refractivity contribution in [1.82, 2.24) is 5.32 Å². The Hall–Kier alpha value is -1.89. The van der Waals surface area contributed by atoms with Crippen molar-refractivity contribution in [3.63, 3.8) is 0 Å². The summed E-state index contributed by atoms with van der Waals surface area (Å²) in [5, 5.41) is 17.3. The standard InChI is InChI=1S/C13H18FN3O3/c1-20-13-7-11(12(17(18)19)6-10(13)14)16-8-9-2-4-15-5-3-9/h6-7,9,15-16H,2-5,8H2,1H3. The number of halogens is 1. The Kier molecular flexibility index (Phi) is 4.73. The molecule has 6 nitrogen and oxygen atoms in total. The van der Waals surface area contributed by atoms with Gasteiger partial charge in [-0.25, -0.2) is 4.39 Å². The molecule has 1 fully saturated rings. The third kappa shape index (κ3) is 3.36. The highest BCUT2D eigenvalue weighted by Gasteiger charge is 2.20. The van der Waals surface area contributed by atoms with Crippen molar-refractivity contribution in [2.75, 3.05) is 32.1 Å². The molecule has 7 heteroatoms. The van der Waals surface area contributed by atoms with E-state index in [9.17, 15) is 14.5 Å². The predicted molar refractivity (Wildman–Crippen MR) is 73.7 cm³/mol. The van der Waals surface area contributed by atoms with Crippen LogP contribution in [0, 0.1) is 21.8 Å². The number of ether oxygens (including phenoxy) is 1. The van der Waals surface area contributed by atoms with Gasteiger partial charge in [-0.3, -0.25) is 10.1 Å². The molecule has 0 aliphatic carbocycles. The monoisotopic (exact) mass is 283 g/mol. The lowest BCUT2D eigenvalue weighted by molar-refractivity contribution is -0.384. The van der Waals surface area contributed by atoms with Crippen molar-refractivity contribution >= 4 is 11.4 Å². The van der Waals surface area contributed by atoms with Crippen molar-refractivity contribution in [1.29, 1.82) is 0 Å². The first-order valence-corrected chi connectivity index (χ1v) is 6.58. The lowest BCUT2D eigenvalue weighted by atomic mass is 9.98. The number of hydrogen-bond donors (Lipinski definition) is 2. The van der Waals surface area contributed by atoms with Crippen LogP contribution in [0.2, 0.25) is 0 Å². The van der Waals surface area contributed by atoms with Crippen molar-refractivity contribution < 1.29 is 14.1 Å². The summed E-state index contributed by atoms with van der Waals surface area (Å²) in [6.07, 6.45) is 2.05. The third-order valence-electron chi connectivity index (χ3n) is 3.51. The minimum absolute atomic E-state index is 0.00316. The number of piperidine rings is 1. The Labute approximate surface area is 116 Å². The van der Waals surface area contributed by atoms with E-state index in [1.54, 1.807) is 0 Å². The zero-order chi connectivity index (χ0) is 14.5. The molecule has 1 heterocycles.